The van der Waals surface area contributed by atoms with Crippen LogP contribution in [0.2, 0.25) is 18.1 Å². The first-order valence-electron chi connectivity index (χ1n) is 10.8. The molecule has 0 saturated carbocycles. The number of hydrogen-bond acceptors (Lipinski definition) is 6. The van der Waals surface area contributed by atoms with Crippen LogP contribution in [-0.2, 0) is 22.2 Å². The summed E-state index contributed by atoms with van der Waals surface area (Å²) in [4.78, 5) is 32.5. The second kappa shape index (κ2) is 9.41. The van der Waals surface area contributed by atoms with Crippen LogP contribution in [0.1, 0.15) is 38.6 Å². The van der Waals surface area contributed by atoms with E-state index >= 15 is 0 Å². The van der Waals surface area contributed by atoms with E-state index in [1.54, 1.807) is 29.4 Å². The summed E-state index contributed by atoms with van der Waals surface area (Å²) in [7, 11) is -1.99. The number of nitrogens with zero attached hydrogens (tertiary/aromatic N) is 3. The van der Waals surface area contributed by atoms with Crippen LogP contribution in [0.5, 0.6) is 0 Å². The zero-order chi connectivity index (χ0) is 23.5. The lowest BCUT2D eigenvalue weighted by Crippen LogP contribution is -2.44. The van der Waals surface area contributed by atoms with E-state index in [2.05, 4.69) is 43.8 Å². The summed E-state index contributed by atoms with van der Waals surface area (Å²) in [5.41, 5.74) is 0.698. The van der Waals surface area contributed by atoms with Gasteiger partial charge in [0, 0.05) is 43.5 Å². The molecule has 0 aliphatic carbocycles. The van der Waals surface area contributed by atoms with Gasteiger partial charge < -0.3 is 19.0 Å². The Morgan fingerprint density at radius 2 is 2.00 bits per heavy atom. The van der Waals surface area contributed by atoms with Gasteiger partial charge in [-0.2, -0.15) is 0 Å². The van der Waals surface area contributed by atoms with E-state index < -0.39 is 19.3 Å². The third kappa shape index (κ3) is 5.74. The van der Waals surface area contributed by atoms with Gasteiger partial charge in [-0.1, -0.05) is 20.8 Å². The van der Waals surface area contributed by atoms with E-state index in [-0.39, 0.29) is 29.5 Å². The van der Waals surface area contributed by atoms with Gasteiger partial charge in [-0.05, 0) is 42.2 Å². The Hall–Kier alpha value is -2.72. The number of aromatic nitrogens is 2. The van der Waals surface area contributed by atoms with Gasteiger partial charge in [0.2, 0.25) is 0 Å². The molecule has 0 bridgehead atoms. The number of imidazole rings is 1. The number of amides is 1. The molecule has 2 heterocycles. The lowest BCUT2D eigenvalue weighted by atomic mass is 10.1. The number of carbonyl (C=O) groups excluding carboxylic acids is 1. The number of rotatable bonds is 7. The van der Waals surface area contributed by atoms with Crippen LogP contribution >= 0.6 is 0 Å². The molecule has 2 atom stereocenters. The molecule has 1 amide bonds. The van der Waals surface area contributed by atoms with E-state index in [0.29, 0.717) is 18.5 Å². The number of carbonyl (C=O) groups is 1. The molecular weight excluding hydrogens is 428 g/mol. The molecule has 174 valence electrons. The molecule has 0 spiro atoms. The number of nitro benzene ring substituents is 1. The van der Waals surface area contributed by atoms with Crippen molar-refractivity contribution in [3.8, 4) is 0 Å². The highest BCUT2D eigenvalue weighted by molar-refractivity contribution is 6.74. The first kappa shape index (κ1) is 23.9. The number of H-pyrrole nitrogens is 1. The summed E-state index contributed by atoms with van der Waals surface area (Å²) in [5, 5.41) is 10.9. The minimum Gasteiger partial charge on any atom is -0.445 e. The molecule has 9 nitrogen and oxygen atoms in total. The molecule has 32 heavy (non-hydrogen) atoms. The van der Waals surface area contributed by atoms with Crippen molar-refractivity contribution in [3.63, 3.8) is 0 Å². The molecule has 1 aromatic carbocycles. The van der Waals surface area contributed by atoms with Crippen molar-refractivity contribution >= 4 is 20.1 Å². The van der Waals surface area contributed by atoms with Crippen LogP contribution in [0.4, 0.5) is 10.5 Å². The Morgan fingerprint density at radius 3 is 2.56 bits per heavy atom. The average Bonchev–Trinajstić information content (AvgIpc) is 3.35. The molecule has 1 saturated heterocycles. The maximum atomic E-state index is 13.0. The summed E-state index contributed by atoms with van der Waals surface area (Å²) >= 11 is 0. The van der Waals surface area contributed by atoms with Crippen molar-refractivity contribution < 1.29 is 18.9 Å². The van der Waals surface area contributed by atoms with Gasteiger partial charge in [0.1, 0.15) is 12.4 Å². The number of non-ortho nitro benzene ring substituents is 1. The normalized spacial score (nSPS) is 19.2. The van der Waals surface area contributed by atoms with Gasteiger partial charge in [-0.3, -0.25) is 10.1 Å². The van der Waals surface area contributed by atoms with Crippen LogP contribution in [0.25, 0.3) is 0 Å². The highest BCUT2D eigenvalue weighted by atomic mass is 28.4. The highest BCUT2D eigenvalue weighted by Crippen LogP contribution is 2.39. The number of nitrogens with one attached hydrogen (secondary N) is 1. The summed E-state index contributed by atoms with van der Waals surface area (Å²) in [5.74, 6) is 0.816. The van der Waals surface area contributed by atoms with Gasteiger partial charge in [0.15, 0.2) is 8.32 Å². The zero-order valence-corrected chi connectivity index (χ0v) is 20.3. The van der Waals surface area contributed by atoms with Gasteiger partial charge in [-0.25, -0.2) is 9.78 Å². The zero-order valence-electron chi connectivity index (χ0n) is 19.3. The predicted octanol–water partition coefficient (Wildman–Crippen LogP) is 4.66. The number of likely N-dealkylation sites (tertiary alicyclic amines) is 1. The predicted molar refractivity (Wildman–Crippen MR) is 123 cm³/mol. The maximum absolute atomic E-state index is 13.0. The molecule has 0 radical (unpaired) electrons. The van der Waals surface area contributed by atoms with Crippen LogP contribution in [-0.4, -0.2) is 52.9 Å². The molecule has 1 aliphatic heterocycles. The molecule has 10 heteroatoms. The third-order valence-electron chi connectivity index (χ3n) is 6.37. The van der Waals surface area contributed by atoms with Crippen molar-refractivity contribution in [2.75, 3.05) is 6.54 Å². The number of benzene rings is 1. The SMILES string of the molecule is CC(C)(C)[Si](C)(C)O[C@@H]1C[C@H](Cc2ncc[nH]2)N(C(=O)OCc2ccc([N+](=O)[O-])cc2)C1. The Bertz CT molecular complexity index is 925. The first-order chi connectivity index (χ1) is 15.0. The van der Waals surface area contributed by atoms with Gasteiger partial charge >= 0.3 is 6.09 Å². The Morgan fingerprint density at radius 1 is 1.31 bits per heavy atom. The third-order valence-corrected chi connectivity index (χ3v) is 10.9. The van der Waals surface area contributed by atoms with Crippen LogP contribution < -0.4 is 0 Å². The highest BCUT2D eigenvalue weighted by Gasteiger charge is 2.44. The maximum Gasteiger partial charge on any atom is 0.410 e. The summed E-state index contributed by atoms with van der Waals surface area (Å²) < 4.78 is 12.1. The quantitative estimate of drug-likeness (QED) is 0.365. The second-order valence-electron chi connectivity index (χ2n) is 9.76. The van der Waals surface area contributed by atoms with Crippen LogP contribution in [0, 0.1) is 10.1 Å². The topological polar surface area (TPSA) is 111 Å². The molecule has 1 fully saturated rings. The Balaban J connectivity index is 1.67. The standard InChI is InChI=1S/C22H32N4O5Si/c1-22(2,3)32(4,5)31-19-12-18(13-20-23-10-11-24-20)25(14-19)21(27)30-15-16-6-8-17(9-7-16)26(28)29/h6-11,18-19H,12-15H2,1-5H3,(H,23,24)/t18-,19-/m1/s1. The smallest absolute Gasteiger partial charge is 0.410 e. The van der Waals surface area contributed by atoms with Gasteiger partial charge in [0.25, 0.3) is 5.69 Å². The number of nitro groups is 1. The lowest BCUT2D eigenvalue weighted by molar-refractivity contribution is -0.384. The Kier molecular flexibility index (Phi) is 7.04. The average molecular weight is 461 g/mol. The Labute approximate surface area is 189 Å². The fourth-order valence-electron chi connectivity index (χ4n) is 3.54. The molecule has 1 aromatic heterocycles. The largest absolute Gasteiger partial charge is 0.445 e. The van der Waals surface area contributed by atoms with Crippen molar-refractivity contribution in [3.05, 3.63) is 58.2 Å². The van der Waals surface area contributed by atoms with Gasteiger partial charge in [0.05, 0.1) is 11.0 Å². The van der Waals surface area contributed by atoms with E-state index in [1.165, 1.54) is 12.1 Å². The van der Waals surface area contributed by atoms with E-state index in [9.17, 15) is 14.9 Å². The lowest BCUT2D eigenvalue weighted by Gasteiger charge is -2.38. The van der Waals surface area contributed by atoms with Crippen LogP contribution in [0.15, 0.2) is 36.7 Å². The van der Waals surface area contributed by atoms with Crippen molar-refractivity contribution in [2.45, 2.75) is 70.5 Å². The molecular formula is C22H32N4O5Si. The molecule has 1 N–H and O–H groups in total. The number of aromatic amines is 1. The molecule has 1 aliphatic rings. The van der Waals surface area contributed by atoms with Crippen molar-refractivity contribution in [1.29, 1.82) is 0 Å². The summed E-state index contributed by atoms with van der Waals surface area (Å²) in [6, 6.07) is 5.92. The molecule has 2 aromatic rings. The monoisotopic (exact) mass is 460 g/mol. The summed E-state index contributed by atoms with van der Waals surface area (Å²) in [6.07, 6.45) is 4.32. The minimum absolute atomic E-state index is 0.00347. The minimum atomic E-state index is -1.99. The first-order valence-corrected chi connectivity index (χ1v) is 13.7. The van der Waals surface area contributed by atoms with Crippen molar-refractivity contribution in [1.82, 2.24) is 14.9 Å². The number of hydrogen-bond donors (Lipinski definition) is 1. The second-order valence-corrected chi connectivity index (χ2v) is 14.5. The van der Waals surface area contributed by atoms with Crippen molar-refractivity contribution in [2.24, 2.45) is 0 Å². The number of ether oxygens (including phenoxy) is 1. The van der Waals surface area contributed by atoms with E-state index in [4.69, 9.17) is 9.16 Å². The van der Waals surface area contributed by atoms with Crippen LogP contribution in [0.3, 0.4) is 0 Å². The fraction of sp³-hybridized carbons (Fsp3) is 0.545. The fourth-order valence-corrected chi connectivity index (χ4v) is 4.90. The van der Waals surface area contributed by atoms with Gasteiger partial charge in [-0.15, -0.1) is 0 Å². The van der Waals surface area contributed by atoms with E-state index in [0.717, 1.165) is 12.2 Å². The molecule has 0 unspecified atom stereocenters. The summed E-state index contributed by atoms with van der Waals surface area (Å²) in [6.45, 7) is 11.5. The molecule has 3 rings (SSSR count). The van der Waals surface area contributed by atoms with E-state index in [1.807, 2.05) is 0 Å².